The van der Waals surface area contributed by atoms with Crippen molar-refractivity contribution in [2.75, 3.05) is 36.9 Å². The Bertz CT molecular complexity index is 1190. The Morgan fingerprint density at radius 3 is 1.86 bits per heavy atom. The van der Waals surface area contributed by atoms with Crippen LogP contribution >= 0.6 is 0 Å². The lowest BCUT2D eigenvalue weighted by atomic mass is 10.1. The first-order valence-electron chi connectivity index (χ1n) is 12.1. The third-order valence-electron chi connectivity index (χ3n) is 6.08. The normalized spacial score (nSPS) is 14.4. The molecule has 3 aromatic carbocycles. The Hall–Kier alpha value is -3.84. The van der Waals surface area contributed by atoms with Crippen LogP contribution in [0.25, 0.3) is 0 Å². The van der Waals surface area contributed by atoms with Crippen molar-refractivity contribution >= 4 is 23.2 Å². The van der Waals surface area contributed by atoms with Crippen molar-refractivity contribution in [1.82, 2.24) is 4.90 Å². The van der Waals surface area contributed by atoms with Crippen LogP contribution in [-0.4, -0.2) is 49.1 Å². The monoisotopic (exact) mass is 487 g/mol. The zero-order valence-corrected chi connectivity index (χ0v) is 21.3. The van der Waals surface area contributed by atoms with Crippen molar-refractivity contribution in [3.63, 3.8) is 0 Å². The molecule has 0 bridgehead atoms. The number of aryl methyl sites for hydroxylation is 4. The van der Waals surface area contributed by atoms with Gasteiger partial charge < -0.3 is 20.1 Å². The first kappa shape index (κ1) is 25.3. The molecule has 2 amide bonds. The van der Waals surface area contributed by atoms with Gasteiger partial charge in [0, 0.05) is 17.9 Å². The third-order valence-corrected chi connectivity index (χ3v) is 6.08. The van der Waals surface area contributed by atoms with Crippen molar-refractivity contribution in [1.29, 1.82) is 0 Å². The molecule has 1 aliphatic rings. The molecule has 7 nitrogen and oxygen atoms in total. The summed E-state index contributed by atoms with van der Waals surface area (Å²) in [6.45, 7) is 8.72. The number of ether oxygens (including phenoxy) is 2. The number of hydrogen-bond acceptors (Lipinski definition) is 5. The van der Waals surface area contributed by atoms with Crippen LogP contribution in [0.3, 0.4) is 0 Å². The first-order valence-corrected chi connectivity index (χ1v) is 12.1. The summed E-state index contributed by atoms with van der Waals surface area (Å²) in [5.41, 5.74) is 5.76. The molecule has 0 fully saturated rings. The molecular formula is C29H33N3O4. The van der Waals surface area contributed by atoms with Crippen LogP contribution in [0.4, 0.5) is 11.4 Å². The van der Waals surface area contributed by atoms with Crippen LogP contribution in [0.15, 0.2) is 60.7 Å². The SMILES string of the molecule is Cc1ccc(NC(=O)CN(CC(=O)Nc2ccc(C)cc2C)CC2COc3ccccc3O2)c(C)c1. The molecule has 4 rings (SSSR count). The molecule has 1 atom stereocenters. The Labute approximate surface area is 212 Å². The Morgan fingerprint density at radius 2 is 1.33 bits per heavy atom. The highest BCUT2D eigenvalue weighted by Crippen LogP contribution is 2.31. The molecule has 0 aliphatic carbocycles. The molecule has 0 saturated carbocycles. The summed E-state index contributed by atoms with van der Waals surface area (Å²) in [4.78, 5) is 27.7. The molecular weight excluding hydrogens is 454 g/mol. The number of amides is 2. The summed E-state index contributed by atoms with van der Waals surface area (Å²) in [5, 5.41) is 5.95. The van der Waals surface area contributed by atoms with Gasteiger partial charge in [0.1, 0.15) is 12.7 Å². The number of benzene rings is 3. The number of para-hydroxylation sites is 2. The van der Waals surface area contributed by atoms with Crippen molar-refractivity contribution in [2.45, 2.75) is 33.8 Å². The highest BCUT2D eigenvalue weighted by Gasteiger charge is 2.25. The fraction of sp³-hybridized carbons (Fsp3) is 0.310. The van der Waals surface area contributed by atoms with Gasteiger partial charge in [-0.1, -0.05) is 47.5 Å². The van der Waals surface area contributed by atoms with Crippen LogP contribution < -0.4 is 20.1 Å². The Balaban J connectivity index is 1.45. The average molecular weight is 488 g/mol. The number of hydrogen-bond donors (Lipinski definition) is 2. The lowest BCUT2D eigenvalue weighted by Crippen LogP contribution is -2.46. The second-order valence-corrected chi connectivity index (χ2v) is 9.40. The van der Waals surface area contributed by atoms with Crippen molar-refractivity contribution in [3.8, 4) is 11.5 Å². The van der Waals surface area contributed by atoms with Crippen LogP contribution in [-0.2, 0) is 9.59 Å². The number of carbonyl (C=O) groups excluding carboxylic acids is 2. The topological polar surface area (TPSA) is 79.9 Å². The van der Waals surface area contributed by atoms with Gasteiger partial charge in [-0.05, 0) is 63.1 Å². The van der Waals surface area contributed by atoms with Gasteiger partial charge in [0.25, 0.3) is 0 Å². The number of nitrogens with zero attached hydrogens (tertiary/aromatic N) is 1. The van der Waals surface area contributed by atoms with Gasteiger partial charge in [-0.15, -0.1) is 0 Å². The van der Waals surface area contributed by atoms with E-state index in [0.717, 1.165) is 33.6 Å². The lowest BCUT2D eigenvalue weighted by molar-refractivity contribution is -0.120. The summed E-state index contributed by atoms with van der Waals surface area (Å²) in [6, 6.07) is 19.3. The second-order valence-electron chi connectivity index (χ2n) is 9.40. The quantitative estimate of drug-likeness (QED) is 0.484. The summed E-state index contributed by atoms with van der Waals surface area (Å²) < 4.78 is 11.9. The van der Waals surface area contributed by atoms with Gasteiger partial charge in [-0.25, -0.2) is 0 Å². The van der Waals surface area contributed by atoms with E-state index in [1.165, 1.54) is 0 Å². The minimum absolute atomic E-state index is 0.0368. The van der Waals surface area contributed by atoms with E-state index in [0.29, 0.717) is 24.7 Å². The Morgan fingerprint density at radius 1 is 0.806 bits per heavy atom. The number of carbonyl (C=O) groups is 2. The summed E-state index contributed by atoms with van der Waals surface area (Å²) in [5.74, 6) is 0.963. The summed E-state index contributed by atoms with van der Waals surface area (Å²) >= 11 is 0. The van der Waals surface area contributed by atoms with Gasteiger partial charge in [0.2, 0.25) is 11.8 Å². The maximum Gasteiger partial charge on any atom is 0.238 e. The van der Waals surface area contributed by atoms with E-state index in [1.807, 2.05) is 88.4 Å². The maximum atomic E-state index is 13.0. The molecule has 7 heteroatoms. The molecule has 0 spiro atoms. The fourth-order valence-electron chi connectivity index (χ4n) is 4.32. The molecule has 188 valence electrons. The molecule has 1 aliphatic heterocycles. The van der Waals surface area contributed by atoms with Crippen LogP contribution in [0.2, 0.25) is 0 Å². The van der Waals surface area contributed by atoms with Crippen LogP contribution in [0.1, 0.15) is 22.3 Å². The van der Waals surface area contributed by atoms with E-state index in [1.54, 1.807) is 4.90 Å². The predicted octanol–water partition coefficient (Wildman–Crippen LogP) is 4.64. The zero-order valence-electron chi connectivity index (χ0n) is 21.3. The molecule has 1 unspecified atom stereocenters. The van der Waals surface area contributed by atoms with Gasteiger partial charge >= 0.3 is 0 Å². The zero-order chi connectivity index (χ0) is 25.7. The minimum Gasteiger partial charge on any atom is -0.486 e. The third kappa shape index (κ3) is 6.64. The summed E-state index contributed by atoms with van der Waals surface area (Å²) in [7, 11) is 0. The number of rotatable bonds is 8. The largest absolute Gasteiger partial charge is 0.486 e. The molecule has 3 aromatic rings. The van der Waals surface area contributed by atoms with E-state index in [9.17, 15) is 9.59 Å². The summed E-state index contributed by atoms with van der Waals surface area (Å²) in [6.07, 6.45) is -0.317. The number of anilines is 2. The maximum absolute atomic E-state index is 13.0. The smallest absolute Gasteiger partial charge is 0.238 e. The Kier molecular flexibility index (Phi) is 7.90. The first-order chi connectivity index (χ1) is 17.3. The number of nitrogens with one attached hydrogen (secondary N) is 2. The lowest BCUT2D eigenvalue weighted by Gasteiger charge is -2.31. The van der Waals surface area contributed by atoms with Crippen molar-refractivity contribution in [3.05, 3.63) is 82.9 Å². The van der Waals surface area contributed by atoms with E-state index in [-0.39, 0.29) is 31.0 Å². The van der Waals surface area contributed by atoms with Gasteiger partial charge in [0.05, 0.1) is 13.1 Å². The molecule has 0 radical (unpaired) electrons. The molecule has 2 N–H and O–H groups in total. The number of fused-ring (bicyclic) bond motifs is 1. The fourth-order valence-corrected chi connectivity index (χ4v) is 4.32. The van der Waals surface area contributed by atoms with Crippen molar-refractivity contribution < 1.29 is 19.1 Å². The second kappa shape index (κ2) is 11.3. The molecule has 1 heterocycles. The van der Waals surface area contributed by atoms with Crippen LogP contribution in [0, 0.1) is 27.7 Å². The molecule has 0 saturated heterocycles. The standard InChI is InChI=1S/C29H33N3O4/c1-19-9-11-24(21(3)13-19)30-28(33)16-32(15-23-18-35-26-7-5-6-8-27(26)36-23)17-29(34)31-25-12-10-20(2)14-22(25)4/h5-14,23H,15-18H2,1-4H3,(H,30,33)(H,31,34). The molecule has 0 aromatic heterocycles. The van der Waals surface area contributed by atoms with Crippen molar-refractivity contribution in [2.24, 2.45) is 0 Å². The van der Waals surface area contributed by atoms with Gasteiger partial charge in [-0.2, -0.15) is 0 Å². The van der Waals surface area contributed by atoms with Gasteiger partial charge in [-0.3, -0.25) is 14.5 Å². The average Bonchev–Trinajstić information content (AvgIpc) is 2.82. The minimum atomic E-state index is -0.317. The highest BCUT2D eigenvalue weighted by atomic mass is 16.6. The van der Waals surface area contributed by atoms with Crippen LogP contribution in [0.5, 0.6) is 11.5 Å². The van der Waals surface area contributed by atoms with E-state index in [4.69, 9.17) is 9.47 Å². The highest BCUT2D eigenvalue weighted by molar-refractivity contribution is 5.95. The van der Waals surface area contributed by atoms with Gasteiger partial charge in [0.15, 0.2) is 11.5 Å². The van der Waals surface area contributed by atoms with E-state index >= 15 is 0 Å². The molecule has 36 heavy (non-hydrogen) atoms. The predicted molar refractivity (Wildman–Crippen MR) is 142 cm³/mol. The van der Waals surface area contributed by atoms with E-state index in [2.05, 4.69) is 10.6 Å². The van der Waals surface area contributed by atoms with E-state index < -0.39 is 0 Å².